The molecule has 8 heteroatoms. The van der Waals surface area contributed by atoms with Gasteiger partial charge in [-0.2, -0.15) is 4.80 Å². The molecule has 4 rings (SSSR count). The zero-order chi connectivity index (χ0) is 18.1. The van der Waals surface area contributed by atoms with Crippen molar-refractivity contribution in [3.8, 4) is 17.1 Å². The molecule has 4 aromatic rings. The average Bonchev–Trinajstić information content (AvgIpc) is 3.11. The number of aromatic nitrogens is 6. The van der Waals surface area contributed by atoms with E-state index in [1.807, 2.05) is 43.3 Å². The number of tetrazole rings is 1. The Labute approximate surface area is 148 Å². The van der Waals surface area contributed by atoms with Crippen LogP contribution in [-0.4, -0.2) is 36.7 Å². The molecule has 1 aromatic carbocycles. The number of pyridine rings is 1. The summed E-state index contributed by atoms with van der Waals surface area (Å²) in [5.74, 6) is 1.20. The fourth-order valence-electron chi connectivity index (χ4n) is 2.72. The van der Waals surface area contributed by atoms with Gasteiger partial charge in [-0.3, -0.25) is 9.20 Å². The van der Waals surface area contributed by atoms with Gasteiger partial charge in [0.25, 0.3) is 5.56 Å². The van der Waals surface area contributed by atoms with Gasteiger partial charge in [-0.25, -0.2) is 4.98 Å². The summed E-state index contributed by atoms with van der Waals surface area (Å²) in [7, 11) is 1.61. The molecule has 130 valence electrons. The minimum absolute atomic E-state index is 0.137. The average molecular weight is 348 g/mol. The zero-order valence-corrected chi connectivity index (χ0v) is 14.3. The van der Waals surface area contributed by atoms with E-state index in [4.69, 9.17) is 4.74 Å². The molecule has 0 saturated heterocycles. The Balaban J connectivity index is 1.66. The van der Waals surface area contributed by atoms with E-state index in [0.29, 0.717) is 17.2 Å². The molecule has 26 heavy (non-hydrogen) atoms. The fourth-order valence-corrected chi connectivity index (χ4v) is 2.72. The zero-order valence-electron chi connectivity index (χ0n) is 14.3. The minimum atomic E-state index is -0.137. The first-order chi connectivity index (χ1) is 12.6. The van der Waals surface area contributed by atoms with Crippen LogP contribution in [0.5, 0.6) is 5.75 Å². The van der Waals surface area contributed by atoms with Crippen molar-refractivity contribution >= 4 is 5.65 Å². The Bertz CT molecular complexity index is 1150. The smallest absolute Gasteiger partial charge is 0.258 e. The molecule has 0 bridgehead atoms. The van der Waals surface area contributed by atoms with Gasteiger partial charge in [-0.1, -0.05) is 18.2 Å². The van der Waals surface area contributed by atoms with Crippen LogP contribution in [0.15, 0.2) is 53.5 Å². The number of aryl methyl sites for hydroxylation is 1. The Hall–Kier alpha value is -3.55. The lowest BCUT2D eigenvalue weighted by Crippen LogP contribution is -2.18. The highest BCUT2D eigenvalue weighted by Crippen LogP contribution is 2.19. The molecule has 0 aliphatic carbocycles. The van der Waals surface area contributed by atoms with Gasteiger partial charge in [-0.15, -0.1) is 10.2 Å². The maximum absolute atomic E-state index is 12.3. The molecule has 0 amide bonds. The Morgan fingerprint density at radius 3 is 2.88 bits per heavy atom. The normalized spacial score (nSPS) is 11.0. The third-order valence-electron chi connectivity index (χ3n) is 4.02. The molecule has 8 nitrogen and oxygen atoms in total. The van der Waals surface area contributed by atoms with E-state index in [1.54, 1.807) is 13.3 Å². The first-order valence-corrected chi connectivity index (χ1v) is 8.04. The van der Waals surface area contributed by atoms with Crippen molar-refractivity contribution in [2.45, 2.75) is 13.5 Å². The van der Waals surface area contributed by atoms with Crippen molar-refractivity contribution in [2.75, 3.05) is 7.11 Å². The van der Waals surface area contributed by atoms with Gasteiger partial charge >= 0.3 is 0 Å². The molecule has 0 N–H and O–H groups in total. The number of fused-ring (bicyclic) bond motifs is 1. The molecule has 0 unspecified atom stereocenters. The topological polar surface area (TPSA) is 87.2 Å². The third-order valence-corrected chi connectivity index (χ3v) is 4.02. The number of hydrogen-bond acceptors (Lipinski definition) is 6. The van der Waals surface area contributed by atoms with Crippen molar-refractivity contribution in [1.82, 2.24) is 29.6 Å². The van der Waals surface area contributed by atoms with Crippen molar-refractivity contribution in [1.29, 1.82) is 0 Å². The number of nitrogens with zero attached hydrogens (tertiary/aromatic N) is 6. The van der Waals surface area contributed by atoms with Crippen LogP contribution in [0.2, 0.25) is 0 Å². The highest BCUT2D eigenvalue weighted by atomic mass is 16.5. The van der Waals surface area contributed by atoms with Crippen molar-refractivity contribution in [2.24, 2.45) is 0 Å². The standard InChI is InChI=1S/C18H16N6O2/c1-12-5-4-8-23-16(25)10-14(19-18(12)23)11-24-21-17(20-22-24)13-6-3-7-15(9-13)26-2/h3-10H,11H2,1-2H3. The summed E-state index contributed by atoms with van der Waals surface area (Å²) in [6, 6.07) is 12.7. The van der Waals surface area contributed by atoms with E-state index in [9.17, 15) is 4.79 Å². The van der Waals surface area contributed by atoms with E-state index >= 15 is 0 Å². The quantitative estimate of drug-likeness (QED) is 0.558. The number of methoxy groups -OCH3 is 1. The lowest BCUT2D eigenvalue weighted by Gasteiger charge is -2.05. The van der Waals surface area contributed by atoms with Crippen LogP contribution in [0.3, 0.4) is 0 Å². The van der Waals surface area contributed by atoms with E-state index in [1.165, 1.54) is 15.3 Å². The molecule has 0 saturated carbocycles. The Morgan fingerprint density at radius 2 is 2.04 bits per heavy atom. The first kappa shape index (κ1) is 15.9. The maximum Gasteiger partial charge on any atom is 0.258 e. The van der Waals surface area contributed by atoms with Crippen LogP contribution in [0, 0.1) is 6.92 Å². The number of hydrogen-bond donors (Lipinski definition) is 0. The number of ether oxygens (including phenoxy) is 1. The largest absolute Gasteiger partial charge is 0.497 e. The van der Waals surface area contributed by atoms with Gasteiger partial charge in [-0.05, 0) is 35.9 Å². The van der Waals surface area contributed by atoms with Crippen LogP contribution < -0.4 is 10.3 Å². The van der Waals surface area contributed by atoms with Crippen molar-refractivity contribution < 1.29 is 4.74 Å². The summed E-state index contributed by atoms with van der Waals surface area (Å²) in [6.07, 6.45) is 1.70. The molecule has 0 atom stereocenters. The molecule has 3 heterocycles. The lowest BCUT2D eigenvalue weighted by molar-refractivity contribution is 0.415. The second kappa shape index (κ2) is 6.40. The van der Waals surface area contributed by atoms with E-state index < -0.39 is 0 Å². The summed E-state index contributed by atoms with van der Waals surface area (Å²) >= 11 is 0. The molecule has 0 radical (unpaired) electrons. The summed E-state index contributed by atoms with van der Waals surface area (Å²) in [5.41, 5.74) is 2.80. The number of rotatable bonds is 4. The van der Waals surface area contributed by atoms with E-state index in [-0.39, 0.29) is 12.1 Å². The molecule has 0 aliphatic heterocycles. The van der Waals surface area contributed by atoms with Gasteiger partial charge < -0.3 is 4.74 Å². The second-order valence-corrected chi connectivity index (χ2v) is 5.85. The maximum atomic E-state index is 12.3. The van der Waals surface area contributed by atoms with Gasteiger partial charge in [0.1, 0.15) is 17.9 Å². The summed E-state index contributed by atoms with van der Waals surface area (Å²) < 4.78 is 6.74. The highest BCUT2D eigenvalue weighted by molar-refractivity contribution is 5.56. The Morgan fingerprint density at radius 1 is 1.15 bits per heavy atom. The molecule has 0 fully saturated rings. The minimum Gasteiger partial charge on any atom is -0.497 e. The molecular weight excluding hydrogens is 332 g/mol. The summed E-state index contributed by atoms with van der Waals surface area (Å²) in [6.45, 7) is 2.18. The highest BCUT2D eigenvalue weighted by Gasteiger charge is 2.10. The van der Waals surface area contributed by atoms with Gasteiger partial charge in [0.2, 0.25) is 5.82 Å². The summed E-state index contributed by atoms with van der Waals surface area (Å²) in [5, 5.41) is 12.5. The molecule has 3 aromatic heterocycles. The third kappa shape index (κ3) is 2.92. The first-order valence-electron chi connectivity index (χ1n) is 8.04. The van der Waals surface area contributed by atoms with E-state index in [0.717, 1.165) is 16.9 Å². The van der Waals surface area contributed by atoms with Gasteiger partial charge in [0, 0.05) is 17.8 Å². The lowest BCUT2D eigenvalue weighted by atomic mass is 10.2. The molecule has 0 spiro atoms. The van der Waals surface area contributed by atoms with Crippen LogP contribution >= 0.6 is 0 Å². The van der Waals surface area contributed by atoms with Gasteiger partial charge in [0.15, 0.2) is 0 Å². The number of benzene rings is 1. The van der Waals surface area contributed by atoms with Crippen LogP contribution in [-0.2, 0) is 6.54 Å². The van der Waals surface area contributed by atoms with Crippen LogP contribution in [0.25, 0.3) is 17.0 Å². The van der Waals surface area contributed by atoms with Crippen LogP contribution in [0.4, 0.5) is 0 Å². The summed E-state index contributed by atoms with van der Waals surface area (Å²) in [4.78, 5) is 18.3. The van der Waals surface area contributed by atoms with Crippen molar-refractivity contribution in [3.05, 3.63) is 70.3 Å². The Kier molecular flexibility index (Phi) is 3.92. The predicted octanol–water partition coefficient (Wildman–Crippen LogP) is 1.71. The van der Waals surface area contributed by atoms with Gasteiger partial charge in [0.05, 0.1) is 12.8 Å². The molecule has 0 aliphatic rings. The monoisotopic (exact) mass is 348 g/mol. The second-order valence-electron chi connectivity index (χ2n) is 5.85. The van der Waals surface area contributed by atoms with E-state index in [2.05, 4.69) is 20.4 Å². The van der Waals surface area contributed by atoms with Crippen LogP contribution in [0.1, 0.15) is 11.3 Å². The molecular formula is C18H16N6O2. The van der Waals surface area contributed by atoms with Crippen molar-refractivity contribution in [3.63, 3.8) is 0 Å². The fraction of sp³-hybridized carbons (Fsp3) is 0.167. The predicted molar refractivity (Wildman–Crippen MR) is 95.1 cm³/mol. The SMILES string of the molecule is COc1cccc(-c2nnn(Cc3cc(=O)n4cccc(C)c4n3)n2)c1.